The number of amides is 1. The highest BCUT2D eigenvalue weighted by atomic mass is 16.6. The summed E-state index contributed by atoms with van der Waals surface area (Å²) in [6.07, 6.45) is 1.38. The topological polar surface area (TPSA) is 72.7 Å². The molecule has 1 aromatic carbocycles. The van der Waals surface area contributed by atoms with Gasteiger partial charge in [0, 0.05) is 19.2 Å². The van der Waals surface area contributed by atoms with Crippen LogP contribution in [0.3, 0.4) is 0 Å². The number of nitro groups is 1. The molecule has 2 rings (SSSR count). The van der Waals surface area contributed by atoms with Gasteiger partial charge in [-0.1, -0.05) is 12.1 Å². The molecule has 90 valence electrons. The second-order valence-corrected chi connectivity index (χ2v) is 3.79. The number of para-hydroxylation sites is 2. The van der Waals surface area contributed by atoms with E-state index in [2.05, 4.69) is 0 Å². The third kappa shape index (κ3) is 2.52. The zero-order valence-corrected chi connectivity index (χ0v) is 9.17. The fourth-order valence-electron chi connectivity index (χ4n) is 1.75. The number of hydrogen-bond acceptors (Lipinski definition) is 4. The van der Waals surface area contributed by atoms with Crippen LogP contribution in [-0.4, -0.2) is 29.0 Å². The molecule has 0 unspecified atom stereocenters. The lowest BCUT2D eigenvalue weighted by Crippen LogP contribution is -2.30. The highest BCUT2D eigenvalue weighted by molar-refractivity contribution is 5.72. The highest BCUT2D eigenvalue weighted by Crippen LogP contribution is 2.26. The van der Waals surface area contributed by atoms with Crippen LogP contribution in [0, 0.1) is 10.1 Å². The average Bonchev–Trinajstić information content (AvgIpc) is 2.83. The molecule has 0 atom stereocenters. The van der Waals surface area contributed by atoms with Gasteiger partial charge >= 0.3 is 11.8 Å². The van der Waals surface area contributed by atoms with Gasteiger partial charge in [0.05, 0.1) is 4.92 Å². The number of carbonyl (C=O) groups excluding carboxylic acids is 1. The molecule has 0 saturated carbocycles. The van der Waals surface area contributed by atoms with Crippen molar-refractivity contribution in [3.8, 4) is 5.75 Å². The number of nitrogens with zero attached hydrogens (tertiary/aromatic N) is 2. The third-order valence-corrected chi connectivity index (χ3v) is 2.62. The van der Waals surface area contributed by atoms with E-state index in [0.29, 0.717) is 13.1 Å². The van der Waals surface area contributed by atoms with Crippen molar-refractivity contribution in [2.45, 2.75) is 12.8 Å². The first-order valence-electron chi connectivity index (χ1n) is 5.38. The van der Waals surface area contributed by atoms with Crippen molar-refractivity contribution in [3.63, 3.8) is 0 Å². The number of ether oxygens (including phenoxy) is 1. The first-order valence-corrected chi connectivity index (χ1v) is 5.38. The molecule has 6 nitrogen and oxygen atoms in total. The van der Waals surface area contributed by atoms with Crippen molar-refractivity contribution >= 4 is 11.8 Å². The molecule has 1 amide bonds. The Morgan fingerprint density at radius 1 is 1.29 bits per heavy atom. The lowest BCUT2D eigenvalue weighted by molar-refractivity contribution is -0.385. The van der Waals surface area contributed by atoms with E-state index in [0.717, 1.165) is 12.8 Å². The second-order valence-electron chi connectivity index (χ2n) is 3.79. The normalized spacial score (nSPS) is 14.7. The number of nitro benzene ring substituents is 1. The maximum Gasteiger partial charge on any atom is 0.415 e. The maximum atomic E-state index is 11.7. The van der Waals surface area contributed by atoms with Gasteiger partial charge in [0.1, 0.15) is 0 Å². The van der Waals surface area contributed by atoms with Crippen molar-refractivity contribution in [1.29, 1.82) is 0 Å². The predicted molar refractivity (Wildman–Crippen MR) is 59.9 cm³/mol. The zero-order valence-electron chi connectivity index (χ0n) is 9.17. The summed E-state index contributed by atoms with van der Waals surface area (Å²) in [7, 11) is 0. The Morgan fingerprint density at radius 3 is 2.59 bits per heavy atom. The molecule has 0 aromatic heterocycles. The fourth-order valence-corrected chi connectivity index (χ4v) is 1.75. The summed E-state index contributed by atoms with van der Waals surface area (Å²) < 4.78 is 5.04. The number of likely N-dealkylation sites (tertiary alicyclic amines) is 1. The number of benzene rings is 1. The minimum atomic E-state index is -0.563. The molecule has 0 bridgehead atoms. The molecule has 0 spiro atoms. The summed E-state index contributed by atoms with van der Waals surface area (Å²) in [4.78, 5) is 23.4. The van der Waals surface area contributed by atoms with E-state index in [1.807, 2.05) is 0 Å². The van der Waals surface area contributed by atoms with Crippen LogP contribution in [0.1, 0.15) is 12.8 Å². The predicted octanol–water partition coefficient (Wildman–Crippen LogP) is 2.19. The third-order valence-electron chi connectivity index (χ3n) is 2.62. The Hall–Kier alpha value is -2.11. The lowest BCUT2D eigenvalue weighted by Gasteiger charge is -2.14. The largest absolute Gasteiger partial charge is 0.415 e. The standard InChI is InChI=1S/C11H12N2O4/c14-11(12-7-3-4-8-12)17-10-6-2-1-5-9(10)13(15)16/h1-2,5-6H,3-4,7-8H2. The van der Waals surface area contributed by atoms with Gasteiger partial charge in [-0.3, -0.25) is 10.1 Å². The Balaban J connectivity index is 2.12. The SMILES string of the molecule is O=C(Oc1ccccc1[N+](=O)[O-])N1CCCC1. The molecular weight excluding hydrogens is 224 g/mol. The van der Waals surface area contributed by atoms with E-state index in [1.165, 1.54) is 18.2 Å². The van der Waals surface area contributed by atoms with E-state index in [1.54, 1.807) is 11.0 Å². The van der Waals surface area contributed by atoms with E-state index in [-0.39, 0.29) is 11.4 Å². The molecule has 0 aliphatic carbocycles. The molecule has 1 saturated heterocycles. The van der Waals surface area contributed by atoms with Crippen molar-refractivity contribution in [1.82, 2.24) is 4.90 Å². The Kier molecular flexibility index (Phi) is 3.22. The number of hydrogen-bond donors (Lipinski definition) is 0. The molecule has 1 aromatic rings. The lowest BCUT2D eigenvalue weighted by atomic mass is 10.3. The molecular formula is C11H12N2O4. The van der Waals surface area contributed by atoms with Crippen molar-refractivity contribution in [2.24, 2.45) is 0 Å². The van der Waals surface area contributed by atoms with Crippen LogP contribution in [0.5, 0.6) is 5.75 Å². The molecule has 1 fully saturated rings. The van der Waals surface area contributed by atoms with Crippen LogP contribution in [-0.2, 0) is 0 Å². The summed E-state index contributed by atoms with van der Waals surface area (Å²) in [6.45, 7) is 1.30. The van der Waals surface area contributed by atoms with Crippen LogP contribution in [0.2, 0.25) is 0 Å². The van der Waals surface area contributed by atoms with Crippen molar-refractivity contribution in [2.75, 3.05) is 13.1 Å². The summed E-state index contributed by atoms with van der Waals surface area (Å²) in [5.41, 5.74) is -0.194. The summed E-state index contributed by atoms with van der Waals surface area (Å²) >= 11 is 0. The Morgan fingerprint density at radius 2 is 1.94 bits per heavy atom. The van der Waals surface area contributed by atoms with E-state index >= 15 is 0 Å². The first kappa shape index (κ1) is 11.4. The average molecular weight is 236 g/mol. The quantitative estimate of drug-likeness (QED) is 0.582. The van der Waals surface area contributed by atoms with Gasteiger partial charge in [-0.15, -0.1) is 0 Å². The number of rotatable bonds is 2. The zero-order chi connectivity index (χ0) is 12.3. The van der Waals surface area contributed by atoms with Gasteiger partial charge in [0.15, 0.2) is 0 Å². The minimum Gasteiger partial charge on any atom is -0.403 e. The van der Waals surface area contributed by atoms with E-state index < -0.39 is 11.0 Å². The van der Waals surface area contributed by atoms with Crippen LogP contribution in [0.4, 0.5) is 10.5 Å². The van der Waals surface area contributed by atoms with Gasteiger partial charge in [-0.05, 0) is 18.9 Å². The van der Waals surface area contributed by atoms with Gasteiger partial charge in [0.2, 0.25) is 5.75 Å². The molecule has 6 heteroatoms. The van der Waals surface area contributed by atoms with Gasteiger partial charge in [0.25, 0.3) is 0 Å². The summed E-state index contributed by atoms with van der Waals surface area (Å²) in [5, 5.41) is 10.7. The molecule has 1 heterocycles. The van der Waals surface area contributed by atoms with E-state index in [4.69, 9.17) is 4.74 Å². The number of carbonyl (C=O) groups is 1. The molecule has 0 N–H and O–H groups in total. The summed E-state index contributed by atoms with van der Waals surface area (Å²) in [5.74, 6) is -0.00519. The first-order chi connectivity index (χ1) is 8.18. The Bertz CT molecular complexity index is 441. The van der Waals surface area contributed by atoms with Gasteiger partial charge in [-0.2, -0.15) is 0 Å². The van der Waals surface area contributed by atoms with E-state index in [9.17, 15) is 14.9 Å². The second kappa shape index (κ2) is 4.82. The Labute approximate surface area is 97.9 Å². The van der Waals surface area contributed by atoms with Gasteiger partial charge in [-0.25, -0.2) is 4.79 Å². The highest BCUT2D eigenvalue weighted by Gasteiger charge is 2.23. The molecule has 17 heavy (non-hydrogen) atoms. The monoisotopic (exact) mass is 236 g/mol. The molecule has 1 aliphatic rings. The van der Waals surface area contributed by atoms with Crippen LogP contribution in [0.15, 0.2) is 24.3 Å². The van der Waals surface area contributed by atoms with Crippen molar-refractivity contribution in [3.05, 3.63) is 34.4 Å². The fraction of sp³-hybridized carbons (Fsp3) is 0.364. The van der Waals surface area contributed by atoms with Crippen LogP contribution >= 0.6 is 0 Å². The molecule has 0 radical (unpaired) electrons. The van der Waals surface area contributed by atoms with Crippen LogP contribution in [0.25, 0.3) is 0 Å². The van der Waals surface area contributed by atoms with Gasteiger partial charge < -0.3 is 9.64 Å². The summed E-state index contributed by atoms with van der Waals surface area (Å²) in [6, 6.07) is 5.86. The minimum absolute atomic E-state index is 0.00519. The van der Waals surface area contributed by atoms with Crippen LogP contribution < -0.4 is 4.74 Å². The smallest absolute Gasteiger partial charge is 0.403 e. The maximum absolute atomic E-state index is 11.7. The molecule has 1 aliphatic heterocycles. The van der Waals surface area contributed by atoms with Crippen molar-refractivity contribution < 1.29 is 14.5 Å².